The Kier molecular flexibility index (Phi) is 3.59. The molecular weight excluding hydrogens is 172 g/mol. The van der Waals surface area contributed by atoms with E-state index in [0.29, 0.717) is 23.5 Å². The molecule has 0 heterocycles. The predicted octanol–water partition coefficient (Wildman–Crippen LogP) is 2.23. The van der Waals surface area contributed by atoms with Crippen LogP contribution in [0.4, 0.5) is 0 Å². The summed E-state index contributed by atoms with van der Waals surface area (Å²) in [6.07, 6.45) is 3.69. The molecule has 1 aliphatic rings. The molecule has 0 amide bonds. The minimum Gasteiger partial charge on any atom is -0.326 e. The lowest BCUT2D eigenvalue weighted by Crippen LogP contribution is -2.53. The van der Waals surface area contributed by atoms with Crippen LogP contribution in [0.25, 0.3) is 0 Å². The number of nitrogens with zero attached hydrogens (tertiary/aromatic N) is 1. The Morgan fingerprint density at radius 2 is 1.93 bits per heavy atom. The number of hydrogen-bond donors (Lipinski definition) is 1. The Labute approximate surface area is 88.8 Å². The van der Waals surface area contributed by atoms with E-state index in [-0.39, 0.29) is 0 Å². The van der Waals surface area contributed by atoms with Crippen molar-refractivity contribution < 1.29 is 0 Å². The van der Waals surface area contributed by atoms with Gasteiger partial charge < -0.3 is 5.73 Å². The molecule has 14 heavy (non-hydrogen) atoms. The van der Waals surface area contributed by atoms with Crippen LogP contribution in [-0.2, 0) is 0 Å². The van der Waals surface area contributed by atoms with Gasteiger partial charge in [-0.15, -0.1) is 0 Å². The number of likely N-dealkylation sites (N-methyl/N-ethyl adjacent to an activating group) is 1. The molecule has 0 aliphatic heterocycles. The molecule has 0 aromatic heterocycles. The van der Waals surface area contributed by atoms with E-state index in [2.05, 4.69) is 39.6 Å². The molecule has 0 radical (unpaired) electrons. The smallest absolute Gasteiger partial charge is 0.0251 e. The summed E-state index contributed by atoms with van der Waals surface area (Å²) in [5, 5.41) is 0. The first-order valence-electron chi connectivity index (χ1n) is 5.81. The molecule has 0 spiro atoms. The number of nitrogens with two attached hydrogens (primary N) is 1. The summed E-state index contributed by atoms with van der Waals surface area (Å²) in [4.78, 5) is 2.44. The first kappa shape index (κ1) is 12.0. The van der Waals surface area contributed by atoms with Crippen molar-refractivity contribution in [1.29, 1.82) is 0 Å². The summed E-state index contributed by atoms with van der Waals surface area (Å²) in [6, 6.07) is 1.54. The third kappa shape index (κ3) is 2.71. The van der Waals surface area contributed by atoms with Gasteiger partial charge in [0.05, 0.1) is 0 Å². The largest absolute Gasteiger partial charge is 0.326 e. The molecule has 0 bridgehead atoms. The monoisotopic (exact) mass is 198 g/mol. The van der Waals surface area contributed by atoms with Crippen molar-refractivity contribution in [2.45, 2.75) is 65.1 Å². The fourth-order valence-electron chi connectivity index (χ4n) is 2.40. The molecule has 84 valence electrons. The van der Waals surface area contributed by atoms with Gasteiger partial charge in [-0.3, -0.25) is 4.90 Å². The van der Waals surface area contributed by atoms with E-state index < -0.39 is 0 Å². The summed E-state index contributed by atoms with van der Waals surface area (Å²) >= 11 is 0. The molecular formula is C12H26N2. The maximum atomic E-state index is 6.20. The van der Waals surface area contributed by atoms with Crippen LogP contribution in [0.2, 0.25) is 0 Å². The second-order valence-corrected chi connectivity index (χ2v) is 5.90. The van der Waals surface area contributed by atoms with Crippen molar-refractivity contribution in [3.63, 3.8) is 0 Å². The fourth-order valence-corrected chi connectivity index (χ4v) is 2.40. The topological polar surface area (TPSA) is 29.3 Å². The van der Waals surface area contributed by atoms with Gasteiger partial charge in [0.1, 0.15) is 0 Å². The lowest BCUT2D eigenvalue weighted by molar-refractivity contribution is 0.0770. The van der Waals surface area contributed by atoms with Crippen LogP contribution in [0.5, 0.6) is 0 Å². The Balaban J connectivity index is 2.65. The minimum absolute atomic E-state index is 0.371. The summed E-state index contributed by atoms with van der Waals surface area (Å²) in [6.45, 7) is 9.21. The normalized spacial score (nSPS) is 32.6. The Morgan fingerprint density at radius 3 is 2.43 bits per heavy atom. The average molecular weight is 198 g/mol. The lowest BCUT2D eigenvalue weighted by Gasteiger charge is -2.44. The molecule has 2 nitrogen and oxygen atoms in total. The summed E-state index contributed by atoms with van der Waals surface area (Å²) in [5.41, 5.74) is 6.67. The molecule has 2 unspecified atom stereocenters. The lowest BCUT2D eigenvalue weighted by atomic mass is 9.72. The van der Waals surface area contributed by atoms with Gasteiger partial charge in [-0.05, 0) is 45.6 Å². The zero-order valence-electron chi connectivity index (χ0n) is 10.4. The predicted molar refractivity (Wildman–Crippen MR) is 62.3 cm³/mol. The maximum absolute atomic E-state index is 6.20. The molecule has 1 fully saturated rings. The highest BCUT2D eigenvalue weighted by molar-refractivity contribution is 4.92. The molecule has 1 saturated carbocycles. The Morgan fingerprint density at radius 1 is 1.36 bits per heavy atom. The zero-order chi connectivity index (χ0) is 10.9. The van der Waals surface area contributed by atoms with E-state index in [1.165, 1.54) is 19.3 Å². The molecule has 2 heteroatoms. The van der Waals surface area contributed by atoms with Crippen LogP contribution in [-0.4, -0.2) is 30.1 Å². The summed E-state index contributed by atoms with van der Waals surface area (Å²) in [7, 11) is 2.20. The van der Waals surface area contributed by atoms with E-state index >= 15 is 0 Å². The molecule has 0 aromatic rings. The quantitative estimate of drug-likeness (QED) is 0.737. The van der Waals surface area contributed by atoms with Crippen LogP contribution in [0.1, 0.15) is 47.0 Å². The highest BCUT2D eigenvalue weighted by atomic mass is 15.2. The van der Waals surface area contributed by atoms with Crippen molar-refractivity contribution in [2.75, 3.05) is 7.05 Å². The van der Waals surface area contributed by atoms with Gasteiger partial charge in [0.25, 0.3) is 0 Å². The van der Waals surface area contributed by atoms with Gasteiger partial charge in [-0.25, -0.2) is 0 Å². The van der Waals surface area contributed by atoms with Crippen molar-refractivity contribution in [3.8, 4) is 0 Å². The third-order valence-electron chi connectivity index (χ3n) is 3.75. The van der Waals surface area contributed by atoms with Crippen molar-refractivity contribution in [3.05, 3.63) is 0 Å². The SMILES string of the molecule is CC(C)N(C)C1CC(C)(C)CCC1N. The van der Waals surface area contributed by atoms with Gasteiger partial charge in [0.15, 0.2) is 0 Å². The van der Waals surface area contributed by atoms with Crippen molar-refractivity contribution in [2.24, 2.45) is 11.1 Å². The molecule has 0 aromatic carbocycles. The highest BCUT2D eigenvalue weighted by Crippen LogP contribution is 2.36. The highest BCUT2D eigenvalue weighted by Gasteiger charge is 2.35. The van der Waals surface area contributed by atoms with Crippen LogP contribution >= 0.6 is 0 Å². The Hall–Kier alpha value is -0.0800. The third-order valence-corrected chi connectivity index (χ3v) is 3.75. The first-order chi connectivity index (χ1) is 6.33. The van der Waals surface area contributed by atoms with Gasteiger partial charge in [-0.1, -0.05) is 13.8 Å². The van der Waals surface area contributed by atoms with E-state index in [9.17, 15) is 0 Å². The van der Waals surface area contributed by atoms with E-state index in [1.54, 1.807) is 0 Å². The molecule has 1 rings (SSSR count). The second kappa shape index (κ2) is 4.19. The minimum atomic E-state index is 0.371. The maximum Gasteiger partial charge on any atom is 0.0251 e. The van der Waals surface area contributed by atoms with E-state index in [0.717, 1.165) is 0 Å². The van der Waals surface area contributed by atoms with Crippen LogP contribution < -0.4 is 5.73 Å². The summed E-state index contributed by atoms with van der Waals surface area (Å²) in [5.74, 6) is 0. The Bertz CT molecular complexity index is 187. The van der Waals surface area contributed by atoms with Crippen molar-refractivity contribution >= 4 is 0 Å². The van der Waals surface area contributed by atoms with Crippen LogP contribution in [0, 0.1) is 5.41 Å². The number of hydrogen-bond acceptors (Lipinski definition) is 2. The zero-order valence-corrected chi connectivity index (χ0v) is 10.4. The van der Waals surface area contributed by atoms with Gasteiger partial charge in [0.2, 0.25) is 0 Å². The van der Waals surface area contributed by atoms with Gasteiger partial charge in [0, 0.05) is 18.1 Å². The average Bonchev–Trinajstić information content (AvgIpc) is 2.08. The first-order valence-corrected chi connectivity index (χ1v) is 5.81. The van der Waals surface area contributed by atoms with Crippen LogP contribution in [0.15, 0.2) is 0 Å². The van der Waals surface area contributed by atoms with Gasteiger partial charge >= 0.3 is 0 Å². The molecule has 2 atom stereocenters. The second-order valence-electron chi connectivity index (χ2n) is 5.90. The molecule has 0 saturated heterocycles. The molecule has 1 aliphatic carbocycles. The summed E-state index contributed by atoms with van der Waals surface area (Å²) < 4.78 is 0. The van der Waals surface area contributed by atoms with Gasteiger partial charge in [-0.2, -0.15) is 0 Å². The van der Waals surface area contributed by atoms with Crippen molar-refractivity contribution in [1.82, 2.24) is 4.90 Å². The number of rotatable bonds is 2. The van der Waals surface area contributed by atoms with E-state index in [1.807, 2.05) is 0 Å². The molecule has 2 N–H and O–H groups in total. The standard InChI is InChI=1S/C12H26N2/c1-9(2)14(5)11-8-12(3,4)7-6-10(11)13/h9-11H,6-8,13H2,1-5H3. The fraction of sp³-hybridized carbons (Fsp3) is 1.00. The van der Waals surface area contributed by atoms with E-state index in [4.69, 9.17) is 5.73 Å². The van der Waals surface area contributed by atoms with Crippen LogP contribution in [0.3, 0.4) is 0 Å².